The van der Waals surface area contributed by atoms with E-state index in [4.69, 9.17) is 16.9 Å². The number of hydrogen-bond donors (Lipinski definition) is 1. The van der Waals surface area contributed by atoms with Crippen LogP contribution in [-0.4, -0.2) is 13.4 Å². The highest BCUT2D eigenvalue weighted by Gasteiger charge is 2.17. The Kier molecular flexibility index (Phi) is 3.52. The first-order chi connectivity index (χ1) is 8.51. The number of nitriles is 1. The molecule has 0 aliphatic rings. The number of anilines is 1. The molecule has 0 spiro atoms. The summed E-state index contributed by atoms with van der Waals surface area (Å²) in [6, 6.07) is 7.62. The summed E-state index contributed by atoms with van der Waals surface area (Å²) in [5.74, 6) is 0. The zero-order valence-electron chi connectivity index (χ0n) is 8.79. The standard InChI is InChI=1S/C10H6ClN3O2S2/c11-9-5-7(3-4-13-9)14-18(15,16)10-2-1-8(6-12)17-10/h1-5H,(H,13,14). The monoisotopic (exact) mass is 299 g/mol. The van der Waals surface area contributed by atoms with Crippen LogP contribution in [0.4, 0.5) is 5.69 Å². The van der Waals surface area contributed by atoms with Gasteiger partial charge in [0, 0.05) is 6.20 Å². The van der Waals surface area contributed by atoms with E-state index >= 15 is 0 Å². The first-order valence-corrected chi connectivity index (χ1v) is 7.33. The molecular weight excluding hydrogens is 294 g/mol. The molecule has 0 aromatic carbocycles. The van der Waals surface area contributed by atoms with Gasteiger partial charge in [-0.25, -0.2) is 13.4 Å². The number of rotatable bonds is 3. The smallest absolute Gasteiger partial charge is 0.271 e. The number of nitrogens with zero attached hydrogens (tertiary/aromatic N) is 2. The van der Waals surface area contributed by atoms with Gasteiger partial charge in [-0.15, -0.1) is 11.3 Å². The minimum Gasteiger partial charge on any atom is -0.279 e. The first kappa shape index (κ1) is 12.8. The van der Waals surface area contributed by atoms with E-state index in [2.05, 4.69) is 9.71 Å². The molecule has 0 aliphatic carbocycles. The molecule has 18 heavy (non-hydrogen) atoms. The molecule has 0 radical (unpaired) electrons. The van der Waals surface area contributed by atoms with Crippen LogP contribution in [0.15, 0.2) is 34.7 Å². The molecule has 2 rings (SSSR count). The number of nitrogens with one attached hydrogen (secondary N) is 1. The molecule has 0 saturated heterocycles. The highest BCUT2D eigenvalue weighted by molar-refractivity contribution is 7.94. The molecule has 8 heteroatoms. The molecule has 92 valence electrons. The lowest BCUT2D eigenvalue weighted by molar-refractivity contribution is 0.603. The van der Waals surface area contributed by atoms with E-state index in [1.165, 1.54) is 30.5 Å². The molecule has 1 N–H and O–H groups in total. The summed E-state index contributed by atoms with van der Waals surface area (Å²) < 4.78 is 26.4. The average molecular weight is 300 g/mol. The summed E-state index contributed by atoms with van der Waals surface area (Å²) in [5.41, 5.74) is 0.321. The molecule has 0 atom stereocenters. The van der Waals surface area contributed by atoms with Crippen LogP contribution < -0.4 is 4.72 Å². The SMILES string of the molecule is N#Cc1ccc(S(=O)(=O)Nc2ccnc(Cl)c2)s1. The Morgan fingerprint density at radius 2 is 2.17 bits per heavy atom. The van der Waals surface area contributed by atoms with Gasteiger partial charge in [-0.05, 0) is 24.3 Å². The summed E-state index contributed by atoms with van der Waals surface area (Å²) in [6.07, 6.45) is 1.40. The maximum atomic E-state index is 12.0. The Morgan fingerprint density at radius 1 is 1.39 bits per heavy atom. The van der Waals surface area contributed by atoms with Crippen molar-refractivity contribution >= 4 is 38.6 Å². The number of aromatic nitrogens is 1. The van der Waals surface area contributed by atoms with Gasteiger partial charge in [0.05, 0.1) is 5.69 Å². The molecule has 0 aliphatic heterocycles. The third-order valence-electron chi connectivity index (χ3n) is 1.94. The predicted octanol–water partition coefficient (Wildman–Crippen LogP) is 2.47. The molecule has 0 fully saturated rings. The number of hydrogen-bond acceptors (Lipinski definition) is 5. The van der Waals surface area contributed by atoms with Crippen molar-refractivity contribution in [1.82, 2.24) is 4.98 Å². The van der Waals surface area contributed by atoms with E-state index < -0.39 is 10.0 Å². The molecule has 0 unspecified atom stereocenters. The quantitative estimate of drug-likeness (QED) is 0.883. The number of pyridine rings is 1. The number of halogens is 1. The van der Waals surface area contributed by atoms with Crippen molar-refractivity contribution in [2.75, 3.05) is 4.72 Å². The fourth-order valence-electron chi connectivity index (χ4n) is 1.20. The zero-order valence-corrected chi connectivity index (χ0v) is 11.2. The van der Waals surface area contributed by atoms with Crippen LogP contribution in [0.5, 0.6) is 0 Å². The third-order valence-corrected chi connectivity index (χ3v) is 5.00. The Hall–Kier alpha value is -1.62. The van der Waals surface area contributed by atoms with Crippen LogP contribution in [0.1, 0.15) is 4.88 Å². The van der Waals surface area contributed by atoms with Crippen LogP contribution in [-0.2, 0) is 10.0 Å². The van der Waals surface area contributed by atoms with Crippen LogP contribution in [0.3, 0.4) is 0 Å². The molecular formula is C10H6ClN3O2S2. The van der Waals surface area contributed by atoms with E-state index in [0.29, 0.717) is 10.6 Å². The van der Waals surface area contributed by atoms with Crippen molar-refractivity contribution in [2.45, 2.75) is 4.21 Å². The summed E-state index contributed by atoms with van der Waals surface area (Å²) >= 11 is 6.56. The normalized spacial score (nSPS) is 10.9. The molecule has 5 nitrogen and oxygen atoms in total. The zero-order chi connectivity index (χ0) is 13.2. The molecule has 2 aromatic heterocycles. The lowest BCUT2D eigenvalue weighted by atomic mass is 10.4. The fourth-order valence-corrected chi connectivity index (χ4v) is 3.52. The Bertz CT molecular complexity index is 719. The Labute approximate surface area is 113 Å². The lowest BCUT2D eigenvalue weighted by Gasteiger charge is -2.05. The van der Waals surface area contributed by atoms with Crippen LogP contribution in [0.25, 0.3) is 0 Å². The molecule has 2 heterocycles. The van der Waals surface area contributed by atoms with Crippen LogP contribution in [0, 0.1) is 11.3 Å². The van der Waals surface area contributed by atoms with Gasteiger partial charge in [0.1, 0.15) is 20.3 Å². The lowest BCUT2D eigenvalue weighted by Crippen LogP contribution is -2.11. The first-order valence-electron chi connectivity index (χ1n) is 4.65. The van der Waals surface area contributed by atoms with E-state index in [-0.39, 0.29) is 9.36 Å². The second-order valence-electron chi connectivity index (χ2n) is 3.20. The third kappa shape index (κ3) is 2.79. The van der Waals surface area contributed by atoms with Gasteiger partial charge < -0.3 is 0 Å². The molecule has 0 bridgehead atoms. The van der Waals surface area contributed by atoms with Crippen LogP contribution >= 0.6 is 22.9 Å². The second kappa shape index (κ2) is 4.94. The minimum atomic E-state index is -3.69. The Balaban J connectivity index is 2.30. The Morgan fingerprint density at radius 3 is 2.78 bits per heavy atom. The predicted molar refractivity (Wildman–Crippen MR) is 69.1 cm³/mol. The summed E-state index contributed by atoms with van der Waals surface area (Å²) in [6.45, 7) is 0. The van der Waals surface area contributed by atoms with Gasteiger partial charge in [-0.1, -0.05) is 11.6 Å². The number of sulfonamides is 1. The largest absolute Gasteiger partial charge is 0.279 e. The van der Waals surface area contributed by atoms with Crippen molar-refractivity contribution in [3.8, 4) is 6.07 Å². The summed E-state index contributed by atoms with van der Waals surface area (Å²) in [7, 11) is -3.69. The second-order valence-corrected chi connectivity index (χ2v) is 6.58. The highest BCUT2D eigenvalue weighted by Crippen LogP contribution is 2.24. The van der Waals surface area contributed by atoms with Crippen molar-refractivity contribution < 1.29 is 8.42 Å². The van der Waals surface area contributed by atoms with E-state index in [1.807, 2.05) is 6.07 Å². The van der Waals surface area contributed by atoms with Gasteiger partial charge in [-0.2, -0.15) is 5.26 Å². The van der Waals surface area contributed by atoms with Crippen molar-refractivity contribution in [3.05, 3.63) is 40.5 Å². The van der Waals surface area contributed by atoms with Crippen molar-refractivity contribution in [3.63, 3.8) is 0 Å². The van der Waals surface area contributed by atoms with Gasteiger partial charge in [0.2, 0.25) is 0 Å². The summed E-state index contributed by atoms with van der Waals surface area (Å²) in [5, 5.41) is 8.86. The molecule has 0 amide bonds. The average Bonchev–Trinajstić information content (AvgIpc) is 2.77. The van der Waals surface area contributed by atoms with Crippen molar-refractivity contribution in [1.29, 1.82) is 5.26 Å². The van der Waals surface area contributed by atoms with Gasteiger partial charge >= 0.3 is 0 Å². The van der Waals surface area contributed by atoms with E-state index in [0.717, 1.165) is 11.3 Å². The van der Waals surface area contributed by atoms with Gasteiger partial charge in [-0.3, -0.25) is 4.72 Å². The fraction of sp³-hybridized carbons (Fsp3) is 0. The molecule has 0 saturated carbocycles. The van der Waals surface area contributed by atoms with Crippen LogP contribution in [0.2, 0.25) is 5.15 Å². The van der Waals surface area contributed by atoms with Gasteiger partial charge in [0.15, 0.2) is 0 Å². The maximum absolute atomic E-state index is 12.0. The molecule has 2 aromatic rings. The van der Waals surface area contributed by atoms with Crippen molar-refractivity contribution in [2.24, 2.45) is 0 Å². The highest BCUT2D eigenvalue weighted by atomic mass is 35.5. The minimum absolute atomic E-state index is 0.0759. The summed E-state index contributed by atoms with van der Waals surface area (Å²) in [4.78, 5) is 4.09. The maximum Gasteiger partial charge on any atom is 0.271 e. The van der Waals surface area contributed by atoms with E-state index in [9.17, 15) is 8.42 Å². The topological polar surface area (TPSA) is 82.8 Å². The van der Waals surface area contributed by atoms with E-state index in [1.54, 1.807) is 0 Å². The number of thiophene rings is 1. The van der Waals surface area contributed by atoms with Gasteiger partial charge in [0.25, 0.3) is 10.0 Å².